The van der Waals surface area contributed by atoms with Gasteiger partial charge in [0.1, 0.15) is 12.0 Å². The van der Waals surface area contributed by atoms with Gasteiger partial charge in [0.05, 0.1) is 0 Å². The van der Waals surface area contributed by atoms with Gasteiger partial charge in [-0.15, -0.1) is 4.52 Å². The Kier molecular flexibility index (Phi) is 3.29. The highest BCUT2D eigenvalue weighted by Crippen LogP contribution is 2.43. The first kappa shape index (κ1) is 12.0. The van der Waals surface area contributed by atoms with E-state index in [4.69, 9.17) is 4.52 Å². The second-order valence-electron chi connectivity index (χ2n) is 4.77. The van der Waals surface area contributed by atoms with E-state index < -0.39 is 26.7 Å². The van der Waals surface area contributed by atoms with Crippen molar-refractivity contribution in [2.75, 3.05) is 7.05 Å². The Bertz CT molecular complexity index is 311. The standard InChI is InChI=1S/C10H16NO4P/c1-5-6-3-4-7(11(6)2)8(10(12)13)9(5)15-16-14/h5-9,16H,3-4H2,1-2H3/p+1/t5?,6-,7+,8+,9-/m0/s1. The molecule has 2 fully saturated rings. The molecule has 2 aliphatic heterocycles. The van der Waals surface area contributed by atoms with Gasteiger partial charge < -0.3 is 5.11 Å². The molecule has 2 saturated heterocycles. The van der Waals surface area contributed by atoms with E-state index in [2.05, 4.69) is 4.90 Å². The zero-order chi connectivity index (χ0) is 11.9. The van der Waals surface area contributed by atoms with Crippen molar-refractivity contribution in [3.05, 3.63) is 0 Å². The van der Waals surface area contributed by atoms with Gasteiger partial charge in [0.25, 0.3) is 0 Å². The molecule has 6 heteroatoms. The maximum absolute atomic E-state index is 11.3. The summed E-state index contributed by atoms with van der Waals surface area (Å²) in [5.74, 6) is -1.28. The van der Waals surface area contributed by atoms with Crippen molar-refractivity contribution in [3.8, 4) is 0 Å². The van der Waals surface area contributed by atoms with Crippen LogP contribution < -0.4 is 0 Å². The van der Waals surface area contributed by atoms with Crippen molar-refractivity contribution in [1.29, 1.82) is 0 Å². The van der Waals surface area contributed by atoms with Crippen LogP contribution in [-0.4, -0.2) is 41.2 Å². The predicted molar refractivity (Wildman–Crippen MR) is 58.7 cm³/mol. The summed E-state index contributed by atoms with van der Waals surface area (Å²) in [7, 11) is 1.10. The fourth-order valence-corrected chi connectivity index (χ4v) is 3.84. The van der Waals surface area contributed by atoms with Gasteiger partial charge in [-0.1, -0.05) is 6.92 Å². The molecule has 0 radical (unpaired) electrons. The maximum Gasteiger partial charge on any atom is 0.494 e. The van der Waals surface area contributed by atoms with E-state index >= 15 is 0 Å². The maximum atomic E-state index is 11.3. The molecular weight excluding hydrogens is 229 g/mol. The molecule has 2 rings (SSSR count). The van der Waals surface area contributed by atoms with Gasteiger partial charge in [-0.3, -0.25) is 9.69 Å². The molecule has 2 unspecified atom stereocenters. The third-order valence-corrected chi connectivity index (χ3v) is 4.54. The zero-order valence-corrected chi connectivity index (χ0v) is 10.4. The molecule has 0 aliphatic carbocycles. The van der Waals surface area contributed by atoms with Crippen LogP contribution in [0, 0.1) is 11.8 Å². The molecule has 0 aromatic carbocycles. The minimum absolute atomic E-state index is 0.0278. The summed E-state index contributed by atoms with van der Waals surface area (Å²) in [5, 5.41) is 9.29. The highest BCUT2D eigenvalue weighted by Gasteiger charge is 2.54. The van der Waals surface area contributed by atoms with Crippen molar-refractivity contribution in [3.63, 3.8) is 0 Å². The minimum Gasteiger partial charge on any atom is -0.481 e. The number of carbonyl (C=O) groups is 1. The topological polar surface area (TPSA) is 66.8 Å². The summed E-state index contributed by atoms with van der Waals surface area (Å²) in [6, 6.07) is 0.391. The van der Waals surface area contributed by atoms with Crippen LogP contribution in [0.4, 0.5) is 0 Å². The number of carboxylic acid groups (broad SMARTS) is 1. The first-order valence-corrected chi connectivity index (χ1v) is 6.37. The third kappa shape index (κ3) is 1.67. The number of carboxylic acids is 1. The molecule has 0 amide bonds. The van der Waals surface area contributed by atoms with Crippen molar-refractivity contribution in [1.82, 2.24) is 4.90 Å². The van der Waals surface area contributed by atoms with E-state index in [9.17, 15) is 14.5 Å². The molecule has 5 nitrogen and oxygen atoms in total. The van der Waals surface area contributed by atoms with Crippen molar-refractivity contribution >= 4 is 14.7 Å². The molecule has 2 bridgehead atoms. The first-order chi connectivity index (χ1) is 7.57. The second-order valence-corrected chi connectivity index (χ2v) is 5.17. The summed E-state index contributed by atoms with van der Waals surface area (Å²) < 4.78 is 15.8. The quantitative estimate of drug-likeness (QED) is 0.756. The Balaban J connectivity index is 2.29. The number of fused-ring (bicyclic) bond motifs is 2. The van der Waals surface area contributed by atoms with Crippen LogP contribution in [0.1, 0.15) is 19.8 Å². The van der Waals surface area contributed by atoms with Gasteiger partial charge in [0.15, 0.2) is 0 Å². The fraction of sp³-hybridized carbons (Fsp3) is 0.900. The molecule has 0 aromatic rings. The van der Waals surface area contributed by atoms with Crippen molar-refractivity contribution < 1.29 is 19.0 Å². The van der Waals surface area contributed by atoms with Crippen molar-refractivity contribution in [2.24, 2.45) is 11.8 Å². The summed E-state index contributed by atoms with van der Waals surface area (Å²) >= 11 is 0. The van der Waals surface area contributed by atoms with Crippen LogP contribution in [0.2, 0.25) is 0 Å². The van der Waals surface area contributed by atoms with Gasteiger partial charge in [0.2, 0.25) is 0 Å². The van der Waals surface area contributed by atoms with Crippen LogP contribution in [0.5, 0.6) is 0 Å². The predicted octanol–water partition coefficient (Wildman–Crippen LogP) is 1.12. The second kappa shape index (κ2) is 4.40. The van der Waals surface area contributed by atoms with Gasteiger partial charge in [-0.2, -0.15) is 0 Å². The van der Waals surface area contributed by atoms with Crippen LogP contribution in [-0.2, 0) is 13.9 Å². The Morgan fingerprint density at radius 2 is 2.06 bits per heavy atom. The summed E-state index contributed by atoms with van der Waals surface area (Å²) in [6.45, 7) is 1.99. The smallest absolute Gasteiger partial charge is 0.481 e. The average Bonchev–Trinajstić information content (AvgIpc) is 2.51. The Hall–Kier alpha value is -0.510. The lowest BCUT2D eigenvalue weighted by molar-refractivity contribution is -0.153. The van der Waals surface area contributed by atoms with Crippen LogP contribution in [0.25, 0.3) is 0 Å². The summed E-state index contributed by atoms with van der Waals surface area (Å²) in [4.78, 5) is 13.5. The molecule has 1 N–H and O–H groups in total. The summed E-state index contributed by atoms with van der Waals surface area (Å²) in [6.07, 6.45) is 1.49. The number of hydrogen-bond acceptors (Lipinski definition) is 4. The third-order valence-electron chi connectivity index (χ3n) is 4.17. The molecule has 6 atom stereocenters. The molecule has 0 spiro atoms. The van der Waals surface area contributed by atoms with Gasteiger partial charge >= 0.3 is 14.7 Å². The molecular formula is C10H17NO4P+. The largest absolute Gasteiger partial charge is 0.494 e. The lowest BCUT2D eigenvalue weighted by Gasteiger charge is -2.42. The normalized spacial score (nSPS) is 43.8. The monoisotopic (exact) mass is 246 g/mol. The lowest BCUT2D eigenvalue weighted by atomic mass is 9.81. The zero-order valence-electron chi connectivity index (χ0n) is 9.42. The van der Waals surface area contributed by atoms with Crippen molar-refractivity contribution in [2.45, 2.75) is 38.0 Å². The molecule has 0 aromatic heterocycles. The Morgan fingerprint density at radius 1 is 1.44 bits per heavy atom. The fourth-order valence-electron chi connectivity index (χ4n) is 3.37. The van der Waals surface area contributed by atoms with E-state index in [0.717, 1.165) is 12.8 Å². The Morgan fingerprint density at radius 3 is 2.62 bits per heavy atom. The van der Waals surface area contributed by atoms with E-state index in [1.54, 1.807) is 0 Å². The summed E-state index contributed by atoms with van der Waals surface area (Å²) in [5.41, 5.74) is 0. The number of piperidine rings is 1. The molecule has 90 valence electrons. The molecule has 0 saturated carbocycles. The van der Waals surface area contributed by atoms with E-state index in [1.165, 1.54) is 0 Å². The number of nitrogens with zero attached hydrogens (tertiary/aromatic N) is 1. The lowest BCUT2D eigenvalue weighted by Crippen LogP contribution is -2.56. The molecule has 2 aliphatic rings. The van der Waals surface area contributed by atoms with E-state index in [-0.39, 0.29) is 12.0 Å². The number of hydrogen-bond donors (Lipinski definition) is 1. The number of rotatable bonds is 3. The van der Waals surface area contributed by atoms with E-state index in [1.807, 2.05) is 14.0 Å². The van der Waals surface area contributed by atoms with Gasteiger partial charge in [0, 0.05) is 18.0 Å². The van der Waals surface area contributed by atoms with E-state index in [0.29, 0.717) is 6.04 Å². The highest BCUT2D eigenvalue weighted by atomic mass is 31.1. The van der Waals surface area contributed by atoms with Gasteiger partial charge in [-0.25, -0.2) is 0 Å². The average molecular weight is 246 g/mol. The Labute approximate surface area is 96.0 Å². The molecule has 2 heterocycles. The van der Waals surface area contributed by atoms with Crippen LogP contribution >= 0.6 is 8.69 Å². The van der Waals surface area contributed by atoms with Crippen LogP contribution in [0.15, 0.2) is 0 Å². The number of aliphatic carboxylic acids is 1. The van der Waals surface area contributed by atoms with Crippen LogP contribution in [0.3, 0.4) is 0 Å². The molecule has 16 heavy (non-hydrogen) atoms. The SMILES string of the molecule is CC1[C@H](O[PH+]=O)[C@H](C(=O)O)[C@H]2CC[C@@H]1N2C. The highest BCUT2D eigenvalue weighted by molar-refractivity contribution is 7.17. The van der Waals surface area contributed by atoms with Gasteiger partial charge in [-0.05, 0) is 24.5 Å². The first-order valence-electron chi connectivity index (χ1n) is 5.55. The minimum atomic E-state index is -0.879.